The average molecular weight is 963 g/mol. The van der Waals surface area contributed by atoms with E-state index in [1.807, 2.05) is 13.0 Å². The lowest BCUT2D eigenvalue weighted by atomic mass is 10.1. The van der Waals surface area contributed by atoms with E-state index in [0.29, 0.717) is 34.1 Å². The van der Waals surface area contributed by atoms with Crippen LogP contribution in [0, 0.1) is 12.8 Å². The number of halogens is 2. The van der Waals surface area contributed by atoms with E-state index in [9.17, 15) is 24.1 Å². The highest BCUT2D eigenvalue weighted by Gasteiger charge is 2.44. The smallest absolute Gasteiger partial charge is 0.392 e. The summed E-state index contributed by atoms with van der Waals surface area (Å²) in [5.74, 6) is -0.902. The number of aryl methyl sites for hydroxylation is 1. The molecule has 0 radical (unpaired) electrons. The zero-order valence-corrected chi connectivity index (χ0v) is 38.5. The second kappa shape index (κ2) is 20.7. The number of para-hydroxylation sites is 1. The fourth-order valence-electron chi connectivity index (χ4n) is 6.67. The van der Waals surface area contributed by atoms with Crippen LogP contribution in [0.25, 0.3) is 11.2 Å². The predicted octanol–water partition coefficient (Wildman–Crippen LogP) is 8.38. The quantitative estimate of drug-likeness (QED) is 0.0477. The molecule has 2 saturated heterocycles. The first-order chi connectivity index (χ1) is 30.6. The molecule has 3 aromatic heterocycles. The summed E-state index contributed by atoms with van der Waals surface area (Å²) < 4.78 is 59.4. The largest absolute Gasteiger partial charge is 0.454 e. The number of ether oxygens (including phenoxy) is 5. The van der Waals surface area contributed by atoms with Crippen LogP contribution in [0.2, 0.25) is 10.0 Å². The van der Waals surface area contributed by atoms with Gasteiger partial charge in [-0.1, -0.05) is 69.1 Å². The van der Waals surface area contributed by atoms with Crippen LogP contribution in [0.4, 0.5) is 5.95 Å². The SMILES string of the molecule is CCC(=O)OCSP(=O)(OC[C@H]1O[C@@H](n2cc(C)c(Oc3ccccc3)nc2=O)CC1O)OC1C[C@H](n2cnc3c(Oc4cc(Cl)ccc4Cl)nc(NC(=O)C(C)C)nc32)O[C@@H]1CC. The molecule has 0 bridgehead atoms. The first-order valence-corrected chi connectivity index (χ1v) is 24.3. The molecule has 2 aromatic carbocycles. The summed E-state index contributed by atoms with van der Waals surface area (Å²) in [5.41, 5.74) is 0.320. The first kappa shape index (κ1) is 47.3. The number of aromatic nitrogens is 6. The van der Waals surface area contributed by atoms with Crippen molar-refractivity contribution in [2.45, 2.75) is 97.2 Å². The molecule has 2 N–H and O–H groups in total. The summed E-state index contributed by atoms with van der Waals surface area (Å²) in [6.07, 6.45) is -1.75. The van der Waals surface area contributed by atoms with Gasteiger partial charge in [0.1, 0.15) is 36.0 Å². The van der Waals surface area contributed by atoms with Crippen LogP contribution in [0.15, 0.2) is 65.8 Å². The maximum Gasteiger partial charge on any atom is 0.392 e. The van der Waals surface area contributed by atoms with Crippen LogP contribution < -0.4 is 20.5 Å². The molecule has 23 heteroatoms. The fraction of sp³-hybridized carbons (Fsp3) is 0.439. The number of rotatable bonds is 18. The van der Waals surface area contributed by atoms with Crippen molar-refractivity contribution in [3.05, 3.63) is 87.1 Å². The summed E-state index contributed by atoms with van der Waals surface area (Å²) in [7, 11) is 0. The number of nitrogens with one attached hydrogen (secondary N) is 1. The Kier molecular flexibility index (Phi) is 15.3. The first-order valence-electron chi connectivity index (χ1n) is 20.4. The number of carbonyl (C=O) groups excluding carboxylic acids is 2. The van der Waals surface area contributed by atoms with Gasteiger partial charge in [-0.2, -0.15) is 15.0 Å². The van der Waals surface area contributed by atoms with Crippen molar-refractivity contribution >= 4 is 70.4 Å². The number of esters is 1. The van der Waals surface area contributed by atoms with E-state index in [1.165, 1.54) is 23.2 Å². The van der Waals surface area contributed by atoms with E-state index in [4.69, 9.17) is 55.9 Å². The molecule has 19 nitrogen and oxygen atoms in total. The zero-order chi connectivity index (χ0) is 45.7. The number of benzene rings is 2. The minimum absolute atomic E-state index is 0.000577. The van der Waals surface area contributed by atoms with Crippen LogP contribution in [-0.2, 0) is 37.4 Å². The number of amides is 1. The molecule has 0 spiro atoms. The fourth-order valence-corrected chi connectivity index (χ4v) is 9.85. The molecule has 2 aliphatic heterocycles. The molecule has 0 saturated carbocycles. The molecule has 2 fully saturated rings. The van der Waals surface area contributed by atoms with Crippen LogP contribution in [0.5, 0.6) is 23.3 Å². The van der Waals surface area contributed by atoms with Gasteiger partial charge < -0.3 is 28.8 Å². The van der Waals surface area contributed by atoms with Gasteiger partial charge in [-0.15, -0.1) is 0 Å². The van der Waals surface area contributed by atoms with Gasteiger partial charge in [-0.3, -0.25) is 33.1 Å². The van der Waals surface area contributed by atoms with E-state index in [-0.39, 0.29) is 70.8 Å². The number of hydrogen-bond donors (Lipinski definition) is 2. The van der Waals surface area contributed by atoms with Crippen LogP contribution in [0.1, 0.15) is 71.4 Å². The molecule has 64 heavy (non-hydrogen) atoms. The van der Waals surface area contributed by atoms with Gasteiger partial charge in [0.25, 0.3) is 5.88 Å². The number of imidazole rings is 1. The molecule has 342 valence electrons. The Hall–Kier alpha value is -4.63. The molecule has 0 aliphatic carbocycles. The Morgan fingerprint density at radius 1 is 1.00 bits per heavy atom. The minimum atomic E-state index is -4.22. The standard InChI is InChI=1S/C41H46Cl2N7O12PS/c1-6-28-30(17-33(59-28)50-20-44-35-36(50)45-40(46-37(53)22(3)4)47-39(35)61-29-15-24(42)13-14-26(29)43)62-63(55,64-21-56-34(52)7-2)57-19-31-27(51)16-32(60-31)49-18-23(5)38(48-41(49)54)58-25-11-9-8-10-12-25/h8-15,18,20,22,27-28,30-33,51H,6-7,16-17,19,21H2,1-5H3,(H,45,46,47,53)/t27?,28-,30?,31-,32-,33-,63?/m1/s1. The van der Waals surface area contributed by atoms with E-state index in [2.05, 4.69) is 25.3 Å². The molecule has 2 aliphatic rings. The monoisotopic (exact) mass is 961 g/mol. The van der Waals surface area contributed by atoms with Crippen molar-refractivity contribution in [1.29, 1.82) is 0 Å². The van der Waals surface area contributed by atoms with Crippen LogP contribution >= 0.6 is 41.4 Å². The summed E-state index contributed by atoms with van der Waals surface area (Å²) in [4.78, 5) is 55.6. The Balaban J connectivity index is 1.09. The Bertz CT molecular complexity index is 2590. The molecule has 7 rings (SSSR count). The number of aliphatic hydroxyl groups excluding tert-OH is 1. The molecule has 5 aromatic rings. The summed E-state index contributed by atoms with van der Waals surface area (Å²) in [6.45, 7) is 4.01. The maximum absolute atomic E-state index is 14.6. The molecule has 5 heterocycles. The van der Waals surface area contributed by atoms with Gasteiger partial charge in [0.15, 0.2) is 11.2 Å². The topological polar surface area (TPSA) is 227 Å². The van der Waals surface area contributed by atoms with E-state index < -0.39 is 67.9 Å². The Morgan fingerprint density at radius 2 is 1.75 bits per heavy atom. The van der Waals surface area contributed by atoms with Gasteiger partial charge in [-0.25, -0.2) is 14.3 Å². The lowest BCUT2D eigenvalue weighted by Crippen LogP contribution is -2.29. The normalized spacial score (nSPS) is 21.8. The molecule has 1 amide bonds. The average Bonchev–Trinajstić information content (AvgIpc) is 3.99. The van der Waals surface area contributed by atoms with Crippen molar-refractivity contribution in [3.63, 3.8) is 0 Å². The van der Waals surface area contributed by atoms with Gasteiger partial charge >= 0.3 is 18.5 Å². The maximum atomic E-state index is 14.6. The molecular formula is C41H46Cl2N7O12PS. The third kappa shape index (κ3) is 11.2. The molecule has 7 atom stereocenters. The van der Waals surface area contributed by atoms with Crippen molar-refractivity contribution in [3.8, 4) is 23.3 Å². The summed E-state index contributed by atoms with van der Waals surface area (Å²) in [5, 5.41) is 14.4. The molecule has 3 unspecified atom stereocenters. The second-order valence-corrected chi connectivity index (χ2v) is 19.9. The van der Waals surface area contributed by atoms with Gasteiger partial charge in [0.05, 0.1) is 36.3 Å². The highest BCUT2D eigenvalue weighted by atomic mass is 35.5. The van der Waals surface area contributed by atoms with Gasteiger partial charge in [0.2, 0.25) is 17.7 Å². The van der Waals surface area contributed by atoms with Crippen molar-refractivity contribution in [2.75, 3.05) is 17.9 Å². The zero-order valence-electron chi connectivity index (χ0n) is 35.3. The van der Waals surface area contributed by atoms with Crippen molar-refractivity contribution in [1.82, 2.24) is 29.1 Å². The summed E-state index contributed by atoms with van der Waals surface area (Å²) in [6, 6.07) is 13.6. The number of anilines is 1. The number of aliphatic hydroxyl groups is 1. The number of hydrogen-bond acceptors (Lipinski definition) is 17. The highest BCUT2D eigenvalue weighted by Crippen LogP contribution is 2.63. The minimum Gasteiger partial charge on any atom is -0.454 e. The van der Waals surface area contributed by atoms with Gasteiger partial charge in [-0.05, 0) is 37.6 Å². The number of nitrogens with zero attached hydrogens (tertiary/aromatic N) is 6. The highest BCUT2D eigenvalue weighted by molar-refractivity contribution is 8.55. The van der Waals surface area contributed by atoms with Crippen molar-refractivity contribution in [2.24, 2.45) is 5.92 Å². The van der Waals surface area contributed by atoms with E-state index in [1.54, 1.807) is 68.7 Å². The Labute approximate surface area is 381 Å². The van der Waals surface area contributed by atoms with Gasteiger partial charge in [0, 0.05) is 59.4 Å². The van der Waals surface area contributed by atoms with E-state index in [0.717, 1.165) is 0 Å². The number of fused-ring (bicyclic) bond motifs is 1. The number of carbonyl (C=O) groups is 2. The van der Waals surface area contributed by atoms with Crippen LogP contribution in [0.3, 0.4) is 0 Å². The van der Waals surface area contributed by atoms with Crippen LogP contribution in [-0.4, -0.2) is 83.0 Å². The lowest BCUT2D eigenvalue weighted by molar-refractivity contribution is -0.141. The Morgan fingerprint density at radius 3 is 2.48 bits per heavy atom. The summed E-state index contributed by atoms with van der Waals surface area (Å²) >= 11 is 13.3. The van der Waals surface area contributed by atoms with E-state index >= 15 is 0 Å². The second-order valence-electron chi connectivity index (χ2n) is 15.0. The van der Waals surface area contributed by atoms with Crippen molar-refractivity contribution < 1.29 is 52.0 Å². The third-order valence-electron chi connectivity index (χ3n) is 10.1. The molecular weight excluding hydrogens is 916 g/mol. The lowest BCUT2D eigenvalue weighted by Gasteiger charge is -2.25. The third-order valence-corrected chi connectivity index (χ3v) is 14.0. The predicted molar refractivity (Wildman–Crippen MR) is 236 cm³/mol.